The second-order valence-corrected chi connectivity index (χ2v) is 6.47. The number of amides is 1. The van der Waals surface area contributed by atoms with E-state index in [9.17, 15) is 4.79 Å². The van der Waals surface area contributed by atoms with Crippen molar-refractivity contribution in [1.82, 2.24) is 14.9 Å². The molecule has 2 aliphatic rings. The maximum absolute atomic E-state index is 12.7. The predicted molar refractivity (Wildman–Crippen MR) is 84.2 cm³/mol. The summed E-state index contributed by atoms with van der Waals surface area (Å²) in [7, 11) is 0. The topological polar surface area (TPSA) is 72.1 Å². The molecular formula is C17H20N4O. The van der Waals surface area contributed by atoms with Gasteiger partial charge in [-0.25, -0.2) is 4.98 Å². The fourth-order valence-electron chi connectivity index (χ4n) is 3.90. The number of aromatic nitrogens is 2. The van der Waals surface area contributed by atoms with Crippen LogP contribution in [-0.4, -0.2) is 39.9 Å². The Morgan fingerprint density at radius 3 is 2.82 bits per heavy atom. The van der Waals surface area contributed by atoms with Crippen molar-refractivity contribution >= 4 is 16.9 Å². The van der Waals surface area contributed by atoms with Crippen molar-refractivity contribution in [3.63, 3.8) is 0 Å². The van der Waals surface area contributed by atoms with Gasteiger partial charge in [0.15, 0.2) is 0 Å². The van der Waals surface area contributed by atoms with Gasteiger partial charge in [0.25, 0.3) is 5.91 Å². The molecule has 2 N–H and O–H groups in total. The molecule has 2 aromatic rings. The van der Waals surface area contributed by atoms with Gasteiger partial charge in [-0.05, 0) is 36.8 Å². The van der Waals surface area contributed by atoms with E-state index in [-0.39, 0.29) is 11.9 Å². The first-order valence-corrected chi connectivity index (χ1v) is 7.99. The third-order valence-corrected chi connectivity index (χ3v) is 5.11. The minimum absolute atomic E-state index is 0.0140. The highest BCUT2D eigenvalue weighted by Crippen LogP contribution is 2.35. The second-order valence-electron chi connectivity index (χ2n) is 6.47. The molecule has 1 aromatic heterocycles. The van der Waals surface area contributed by atoms with Gasteiger partial charge in [0.2, 0.25) is 0 Å². The quantitative estimate of drug-likeness (QED) is 0.871. The van der Waals surface area contributed by atoms with Gasteiger partial charge in [0.1, 0.15) is 5.69 Å². The molecular weight excluding hydrogens is 276 g/mol. The highest BCUT2D eigenvalue weighted by molar-refractivity contribution is 5.94. The third kappa shape index (κ3) is 2.25. The van der Waals surface area contributed by atoms with Gasteiger partial charge in [-0.3, -0.25) is 9.78 Å². The van der Waals surface area contributed by atoms with Crippen molar-refractivity contribution in [3.8, 4) is 0 Å². The molecule has 0 radical (unpaired) electrons. The predicted octanol–water partition coefficient (Wildman–Crippen LogP) is 1.83. The number of rotatable bonds is 1. The van der Waals surface area contributed by atoms with Crippen LogP contribution in [0.25, 0.3) is 11.0 Å². The fourth-order valence-corrected chi connectivity index (χ4v) is 3.90. The zero-order valence-electron chi connectivity index (χ0n) is 12.5. The van der Waals surface area contributed by atoms with Gasteiger partial charge in [-0.1, -0.05) is 18.6 Å². The van der Waals surface area contributed by atoms with Crippen LogP contribution in [0.1, 0.15) is 29.8 Å². The normalized spacial score (nSPS) is 27.9. The number of para-hydroxylation sites is 2. The van der Waals surface area contributed by atoms with Crippen molar-refractivity contribution in [2.24, 2.45) is 17.6 Å². The molecule has 1 saturated carbocycles. The first kappa shape index (κ1) is 13.6. The maximum atomic E-state index is 12.7. The van der Waals surface area contributed by atoms with Crippen LogP contribution in [0.4, 0.5) is 0 Å². The van der Waals surface area contributed by atoms with Gasteiger partial charge < -0.3 is 10.6 Å². The fraction of sp³-hybridized carbons (Fsp3) is 0.471. The van der Waals surface area contributed by atoms with Crippen LogP contribution >= 0.6 is 0 Å². The third-order valence-electron chi connectivity index (χ3n) is 5.11. The second kappa shape index (κ2) is 5.32. The van der Waals surface area contributed by atoms with Gasteiger partial charge in [-0.15, -0.1) is 0 Å². The number of likely N-dealkylation sites (tertiary alicyclic amines) is 1. The molecule has 2 fully saturated rings. The Labute approximate surface area is 129 Å². The van der Waals surface area contributed by atoms with E-state index in [1.165, 1.54) is 12.8 Å². The average Bonchev–Trinajstić information content (AvgIpc) is 2.99. The lowest BCUT2D eigenvalue weighted by Gasteiger charge is -2.29. The van der Waals surface area contributed by atoms with Crippen LogP contribution < -0.4 is 5.73 Å². The molecule has 0 spiro atoms. The average molecular weight is 296 g/mol. The molecule has 5 nitrogen and oxygen atoms in total. The smallest absolute Gasteiger partial charge is 0.274 e. The largest absolute Gasteiger partial charge is 0.337 e. The number of hydrogen-bond acceptors (Lipinski definition) is 4. The Balaban J connectivity index is 1.58. The van der Waals surface area contributed by atoms with E-state index in [0.717, 1.165) is 30.5 Å². The highest BCUT2D eigenvalue weighted by Gasteiger charge is 2.40. The van der Waals surface area contributed by atoms with E-state index >= 15 is 0 Å². The van der Waals surface area contributed by atoms with E-state index < -0.39 is 0 Å². The monoisotopic (exact) mass is 296 g/mol. The number of nitrogens with zero attached hydrogens (tertiary/aromatic N) is 3. The minimum Gasteiger partial charge on any atom is -0.337 e. The molecule has 5 heteroatoms. The van der Waals surface area contributed by atoms with Crippen LogP contribution in [0.15, 0.2) is 30.5 Å². The number of fused-ring (bicyclic) bond motifs is 2. The number of hydrogen-bond donors (Lipinski definition) is 1. The van der Waals surface area contributed by atoms with Gasteiger partial charge in [-0.2, -0.15) is 0 Å². The van der Waals surface area contributed by atoms with E-state index in [2.05, 4.69) is 9.97 Å². The first-order chi connectivity index (χ1) is 10.7. The minimum atomic E-state index is -0.0140. The lowest BCUT2D eigenvalue weighted by atomic mass is 9.78. The molecule has 3 atom stereocenters. The molecule has 1 saturated heterocycles. The molecule has 1 aromatic carbocycles. The summed E-state index contributed by atoms with van der Waals surface area (Å²) >= 11 is 0. The summed E-state index contributed by atoms with van der Waals surface area (Å²) < 4.78 is 0. The molecule has 1 aliphatic carbocycles. The first-order valence-electron chi connectivity index (χ1n) is 7.99. The van der Waals surface area contributed by atoms with Crippen molar-refractivity contribution in [3.05, 3.63) is 36.2 Å². The van der Waals surface area contributed by atoms with Crippen molar-refractivity contribution in [2.45, 2.75) is 25.3 Å². The molecule has 0 bridgehead atoms. The number of nitrogens with two attached hydrogens (primary N) is 1. The maximum Gasteiger partial charge on any atom is 0.274 e. The summed E-state index contributed by atoms with van der Waals surface area (Å²) in [5, 5.41) is 0. The molecule has 1 aliphatic heterocycles. The van der Waals surface area contributed by atoms with Crippen LogP contribution in [-0.2, 0) is 0 Å². The lowest BCUT2D eigenvalue weighted by Crippen LogP contribution is -2.38. The van der Waals surface area contributed by atoms with E-state index in [0.29, 0.717) is 17.5 Å². The van der Waals surface area contributed by atoms with E-state index in [4.69, 9.17) is 5.73 Å². The SMILES string of the molecule is NC1CCCC2CN(C(=O)c3cnc4ccccc4n3)CC12. The number of carbonyl (C=O) groups is 1. The van der Waals surface area contributed by atoms with Crippen molar-refractivity contribution in [2.75, 3.05) is 13.1 Å². The Hall–Kier alpha value is -2.01. The molecule has 22 heavy (non-hydrogen) atoms. The Morgan fingerprint density at radius 1 is 1.18 bits per heavy atom. The molecule has 2 heterocycles. The summed E-state index contributed by atoms with van der Waals surface area (Å²) in [5.74, 6) is 0.993. The molecule has 1 amide bonds. The summed E-state index contributed by atoms with van der Waals surface area (Å²) in [5.41, 5.74) is 8.25. The number of carbonyl (C=O) groups excluding carboxylic acids is 1. The summed E-state index contributed by atoms with van der Waals surface area (Å²) in [6.45, 7) is 1.57. The summed E-state index contributed by atoms with van der Waals surface area (Å²) in [4.78, 5) is 23.5. The van der Waals surface area contributed by atoms with E-state index in [1.807, 2.05) is 29.2 Å². The Morgan fingerprint density at radius 2 is 2.00 bits per heavy atom. The van der Waals surface area contributed by atoms with Crippen LogP contribution in [0.5, 0.6) is 0 Å². The van der Waals surface area contributed by atoms with Crippen LogP contribution in [0, 0.1) is 11.8 Å². The van der Waals surface area contributed by atoms with Crippen LogP contribution in [0.2, 0.25) is 0 Å². The molecule has 3 unspecified atom stereocenters. The Kier molecular flexibility index (Phi) is 3.30. The van der Waals surface area contributed by atoms with Gasteiger partial charge in [0, 0.05) is 19.1 Å². The zero-order valence-corrected chi connectivity index (χ0v) is 12.5. The zero-order chi connectivity index (χ0) is 15.1. The van der Waals surface area contributed by atoms with E-state index in [1.54, 1.807) is 6.20 Å². The van der Waals surface area contributed by atoms with Gasteiger partial charge in [0.05, 0.1) is 17.2 Å². The van der Waals surface area contributed by atoms with Crippen LogP contribution in [0.3, 0.4) is 0 Å². The molecule has 114 valence electrons. The van der Waals surface area contributed by atoms with Crippen molar-refractivity contribution in [1.29, 1.82) is 0 Å². The Bertz CT molecular complexity index is 717. The summed E-state index contributed by atoms with van der Waals surface area (Å²) in [6, 6.07) is 7.86. The standard InChI is InChI=1S/C17H20N4O/c18-13-5-3-4-11-9-21(10-12(11)13)17(22)16-8-19-14-6-1-2-7-15(14)20-16/h1-2,6-8,11-13H,3-5,9-10,18H2. The highest BCUT2D eigenvalue weighted by atomic mass is 16.2. The van der Waals surface area contributed by atoms with Crippen molar-refractivity contribution < 1.29 is 4.79 Å². The molecule has 4 rings (SSSR count). The number of benzene rings is 1. The lowest BCUT2D eigenvalue weighted by molar-refractivity contribution is 0.0777. The van der Waals surface area contributed by atoms with Gasteiger partial charge >= 0.3 is 0 Å². The summed E-state index contributed by atoms with van der Waals surface area (Å²) in [6.07, 6.45) is 5.04.